The number of H-pyrrole nitrogens is 2. The van der Waals surface area contributed by atoms with Crippen LogP contribution in [-0.2, 0) is 9.59 Å². The predicted molar refractivity (Wildman–Crippen MR) is 223 cm³/mol. The summed E-state index contributed by atoms with van der Waals surface area (Å²) < 4.78 is 55.7. The number of hydrogen-bond donors (Lipinski definition) is 4. The van der Waals surface area contributed by atoms with E-state index in [1.807, 2.05) is 90.1 Å². The van der Waals surface area contributed by atoms with Crippen LogP contribution >= 0.6 is 0 Å². The number of aliphatic hydroxyl groups excluding tert-OH is 2. The number of nitrogens with zero attached hydrogens (tertiary/aromatic N) is 4. The largest absolute Gasteiger partial charge is 0.395 e. The van der Waals surface area contributed by atoms with E-state index in [1.54, 1.807) is 22.2 Å². The first-order chi connectivity index (χ1) is 28.2. The van der Waals surface area contributed by atoms with Crippen molar-refractivity contribution in [2.24, 2.45) is 22.7 Å². The lowest BCUT2D eigenvalue weighted by Gasteiger charge is -2.41. The zero-order chi connectivity index (χ0) is 43.6. The second-order valence-electron chi connectivity index (χ2n) is 18.8. The molecule has 0 radical (unpaired) electrons. The summed E-state index contributed by atoms with van der Waals surface area (Å²) in [5.74, 6) is -5.93. The van der Waals surface area contributed by atoms with Gasteiger partial charge in [0, 0.05) is 50.6 Å². The number of carbonyl (C=O) groups is 2. The number of benzene rings is 2. The molecule has 2 aromatic heterocycles. The van der Waals surface area contributed by atoms with Gasteiger partial charge in [0.1, 0.15) is 11.6 Å². The number of aromatic amines is 2. The summed E-state index contributed by atoms with van der Waals surface area (Å²) in [5.41, 5.74) is 4.24. The molecule has 2 fully saturated rings. The highest BCUT2D eigenvalue weighted by Gasteiger charge is 2.44. The van der Waals surface area contributed by atoms with Crippen molar-refractivity contribution >= 4 is 11.8 Å². The summed E-state index contributed by atoms with van der Waals surface area (Å²) in [6, 6.07) is 14.9. The molecule has 2 aromatic carbocycles. The van der Waals surface area contributed by atoms with Gasteiger partial charge in [-0.05, 0) is 58.8 Å². The SMILES string of the molecule is CC(C)(C)[C@@H](c1ncc(-c2ccc(-c3ccc(-c4cnc([C@@H](N(CCO)C(=O)C5CCC(F)(F)CC5)C(C)(C)C)[nH]4)cc3)cc2)[nH]1)N(CCO)C(=O)C1CCC(F)(F)CC1. The molecule has 4 N–H and O–H groups in total. The van der Waals surface area contributed by atoms with Crippen LogP contribution in [0.5, 0.6) is 0 Å². The van der Waals surface area contributed by atoms with Crippen LogP contribution < -0.4 is 0 Å². The first-order valence-corrected chi connectivity index (χ1v) is 21.1. The molecule has 14 heteroatoms. The first kappa shape index (κ1) is 45.0. The number of halogens is 4. The van der Waals surface area contributed by atoms with E-state index in [0.29, 0.717) is 11.6 Å². The number of aromatic nitrogens is 4. The molecule has 326 valence electrons. The maximum Gasteiger partial charge on any atom is 0.248 e. The average molecular weight is 837 g/mol. The summed E-state index contributed by atoms with van der Waals surface area (Å²) in [7, 11) is 0. The predicted octanol–water partition coefficient (Wildman–Crippen LogP) is 9.60. The van der Waals surface area contributed by atoms with Gasteiger partial charge in [0.2, 0.25) is 23.7 Å². The topological polar surface area (TPSA) is 138 Å². The molecular formula is C46H60F4N6O4. The fraction of sp³-hybridized carbons (Fsp3) is 0.565. The van der Waals surface area contributed by atoms with Crippen molar-refractivity contribution < 1.29 is 37.4 Å². The molecule has 2 aliphatic rings. The van der Waals surface area contributed by atoms with Crippen LogP contribution in [0.2, 0.25) is 0 Å². The third-order valence-corrected chi connectivity index (χ3v) is 12.1. The summed E-state index contributed by atoms with van der Waals surface area (Å²) in [5, 5.41) is 19.9. The molecule has 0 spiro atoms. The van der Waals surface area contributed by atoms with Gasteiger partial charge < -0.3 is 30.0 Å². The number of carbonyl (C=O) groups excluding carboxylic acids is 2. The fourth-order valence-electron chi connectivity index (χ4n) is 8.97. The minimum absolute atomic E-state index is 0.0637. The van der Waals surface area contributed by atoms with Crippen molar-refractivity contribution in [3.63, 3.8) is 0 Å². The van der Waals surface area contributed by atoms with Crippen molar-refractivity contribution in [2.45, 2.75) is 117 Å². The van der Waals surface area contributed by atoms with E-state index >= 15 is 0 Å². The van der Waals surface area contributed by atoms with Crippen LogP contribution in [0.1, 0.15) is 117 Å². The van der Waals surface area contributed by atoms with Crippen molar-refractivity contribution in [3.05, 3.63) is 72.6 Å². The summed E-state index contributed by atoms with van der Waals surface area (Å²) in [6.45, 7) is 11.5. The molecule has 2 aliphatic carbocycles. The second-order valence-corrected chi connectivity index (χ2v) is 18.8. The Morgan fingerprint density at radius 1 is 0.617 bits per heavy atom. The van der Waals surface area contributed by atoms with Gasteiger partial charge in [0.05, 0.1) is 49.1 Å². The molecule has 4 aromatic rings. The van der Waals surface area contributed by atoms with Gasteiger partial charge in [0.25, 0.3) is 0 Å². The molecule has 2 amide bonds. The molecular weight excluding hydrogens is 777 g/mol. The third-order valence-electron chi connectivity index (χ3n) is 12.1. The highest BCUT2D eigenvalue weighted by molar-refractivity contribution is 5.80. The van der Waals surface area contributed by atoms with Gasteiger partial charge in [-0.1, -0.05) is 90.1 Å². The molecule has 0 unspecified atom stereocenters. The van der Waals surface area contributed by atoms with Crippen LogP contribution in [-0.4, -0.2) is 89.9 Å². The molecule has 60 heavy (non-hydrogen) atoms. The molecule has 0 aliphatic heterocycles. The van der Waals surface area contributed by atoms with Crippen LogP contribution in [0.4, 0.5) is 17.6 Å². The lowest BCUT2D eigenvalue weighted by Crippen LogP contribution is -2.47. The fourth-order valence-corrected chi connectivity index (χ4v) is 8.97. The van der Waals surface area contributed by atoms with Crippen molar-refractivity contribution in [2.75, 3.05) is 26.3 Å². The molecule has 0 bridgehead atoms. The van der Waals surface area contributed by atoms with Gasteiger partial charge >= 0.3 is 0 Å². The van der Waals surface area contributed by atoms with Gasteiger partial charge in [-0.2, -0.15) is 0 Å². The van der Waals surface area contributed by atoms with Crippen molar-refractivity contribution in [3.8, 4) is 33.6 Å². The van der Waals surface area contributed by atoms with E-state index < -0.39 is 46.6 Å². The number of nitrogens with one attached hydrogen (secondary N) is 2. The Balaban J connectivity index is 1.17. The number of hydrogen-bond acceptors (Lipinski definition) is 6. The van der Waals surface area contributed by atoms with E-state index in [9.17, 15) is 37.4 Å². The minimum Gasteiger partial charge on any atom is -0.395 e. The quantitative estimate of drug-likeness (QED) is 0.0991. The maximum absolute atomic E-state index is 13.9. The smallest absolute Gasteiger partial charge is 0.248 e. The van der Waals surface area contributed by atoms with Gasteiger partial charge in [0.15, 0.2) is 0 Å². The molecule has 0 saturated heterocycles. The average Bonchev–Trinajstić information content (AvgIpc) is 3.87. The Morgan fingerprint density at radius 2 is 0.917 bits per heavy atom. The van der Waals surface area contributed by atoms with Gasteiger partial charge in [-0.3, -0.25) is 9.59 Å². The third kappa shape index (κ3) is 10.3. The van der Waals surface area contributed by atoms with Crippen LogP contribution in [0.15, 0.2) is 60.9 Å². The van der Waals surface area contributed by atoms with Crippen molar-refractivity contribution in [1.29, 1.82) is 0 Å². The summed E-state index contributed by atoms with van der Waals surface area (Å²) >= 11 is 0. The summed E-state index contributed by atoms with van der Waals surface area (Å²) in [4.78, 5) is 47.0. The van der Waals surface area contributed by atoms with Gasteiger partial charge in [-0.25, -0.2) is 27.5 Å². The lowest BCUT2D eigenvalue weighted by atomic mass is 9.82. The zero-order valence-electron chi connectivity index (χ0n) is 35.6. The molecule has 10 nitrogen and oxygen atoms in total. The molecule has 2 heterocycles. The Kier molecular flexibility index (Phi) is 13.3. The van der Waals surface area contributed by atoms with Gasteiger partial charge in [-0.15, -0.1) is 0 Å². The Hall–Kier alpha value is -4.56. The minimum atomic E-state index is -2.75. The highest BCUT2D eigenvalue weighted by Crippen LogP contribution is 2.44. The molecule has 2 saturated carbocycles. The standard InChI is InChI=1S/C46H60F4N6O4/c1-43(2,3)37(55(23-25-57)41(59)33-15-19-45(47,48)20-16-33)39-51-27-35(53-39)31-11-7-29(8-12-31)30-9-13-32(14-10-30)36-28-52-40(54-36)38(44(4,5)6)56(24-26-58)42(60)34-17-21-46(49,50)22-18-34/h7-14,27-28,33-34,37-38,57-58H,15-26H2,1-6H3,(H,51,53)(H,52,54)/t37-,38-/m1/s1. The monoisotopic (exact) mass is 836 g/mol. The number of rotatable bonds is 13. The van der Waals surface area contributed by atoms with Crippen LogP contribution in [0, 0.1) is 22.7 Å². The van der Waals surface area contributed by atoms with E-state index in [4.69, 9.17) is 9.97 Å². The molecule has 6 rings (SSSR count). The van der Waals surface area contributed by atoms with Crippen LogP contribution in [0.25, 0.3) is 33.6 Å². The van der Waals surface area contributed by atoms with Crippen LogP contribution in [0.3, 0.4) is 0 Å². The normalized spacial score (nSPS) is 18.5. The number of imidazole rings is 2. The van der Waals surface area contributed by atoms with Crippen molar-refractivity contribution in [1.82, 2.24) is 29.7 Å². The Bertz CT molecular complexity index is 1900. The van der Waals surface area contributed by atoms with E-state index in [0.717, 1.165) is 33.6 Å². The van der Waals surface area contributed by atoms with E-state index in [2.05, 4.69) is 9.97 Å². The number of aliphatic hydroxyl groups is 2. The lowest BCUT2D eigenvalue weighted by molar-refractivity contribution is -0.146. The Labute approximate surface area is 350 Å². The second kappa shape index (κ2) is 17.8. The zero-order valence-corrected chi connectivity index (χ0v) is 35.6. The number of amides is 2. The van der Waals surface area contributed by atoms with E-state index in [-0.39, 0.29) is 89.5 Å². The highest BCUT2D eigenvalue weighted by atomic mass is 19.3. The maximum atomic E-state index is 13.9. The van der Waals surface area contributed by atoms with E-state index in [1.165, 1.54) is 0 Å². The Morgan fingerprint density at radius 3 is 1.20 bits per heavy atom. The summed E-state index contributed by atoms with van der Waals surface area (Å²) in [6.07, 6.45) is 2.59. The first-order valence-electron chi connectivity index (χ1n) is 21.1. The molecule has 2 atom stereocenters. The number of alkyl halides is 4.